The maximum Gasteiger partial charge on any atom is 0.237 e. The molecule has 8 atom stereocenters. The Hall–Kier alpha value is -0.0300. The molecule has 1 amide bonds. The predicted molar refractivity (Wildman–Crippen MR) is 114 cm³/mol. The van der Waals surface area contributed by atoms with Gasteiger partial charge >= 0.3 is 0 Å². The van der Waals surface area contributed by atoms with E-state index < -0.39 is 35.9 Å². The van der Waals surface area contributed by atoms with E-state index in [-0.39, 0.29) is 17.9 Å². The quantitative estimate of drug-likeness (QED) is 0.337. The SMILES string of the molecule is CCCC1CC(C(=O)NC(C(C)C)C2OC(SC)C(OS)C(O)C2O)N(C)C1. The Morgan fingerprint density at radius 3 is 2.61 bits per heavy atom. The first-order valence-corrected chi connectivity index (χ1v) is 11.8. The van der Waals surface area contributed by atoms with Crippen molar-refractivity contribution in [2.45, 2.75) is 82.0 Å². The second kappa shape index (κ2) is 10.8. The maximum atomic E-state index is 13.0. The number of rotatable bonds is 8. The zero-order valence-electron chi connectivity index (χ0n) is 17.4. The van der Waals surface area contributed by atoms with E-state index in [0.29, 0.717) is 5.92 Å². The molecular weight excluding hydrogens is 400 g/mol. The normalized spacial score (nSPS) is 38.0. The van der Waals surface area contributed by atoms with E-state index in [1.165, 1.54) is 11.8 Å². The van der Waals surface area contributed by atoms with Crippen LogP contribution in [0.25, 0.3) is 0 Å². The Labute approximate surface area is 178 Å². The number of aliphatic hydroxyl groups excluding tert-OH is 2. The van der Waals surface area contributed by atoms with E-state index >= 15 is 0 Å². The van der Waals surface area contributed by atoms with Gasteiger partial charge in [-0.1, -0.05) is 27.2 Å². The van der Waals surface area contributed by atoms with Crippen molar-refractivity contribution in [3.8, 4) is 0 Å². The lowest BCUT2D eigenvalue weighted by atomic mass is 9.88. The van der Waals surface area contributed by atoms with E-state index in [2.05, 4.69) is 30.1 Å². The Kier molecular flexibility index (Phi) is 9.38. The molecule has 0 bridgehead atoms. The van der Waals surface area contributed by atoms with Crippen LogP contribution in [-0.4, -0.2) is 82.8 Å². The number of carbonyl (C=O) groups is 1. The van der Waals surface area contributed by atoms with Crippen molar-refractivity contribution in [1.29, 1.82) is 0 Å². The summed E-state index contributed by atoms with van der Waals surface area (Å²) in [5, 5.41) is 24.2. The number of likely N-dealkylation sites (N-methyl/N-ethyl adjacent to an activating group) is 1. The average molecular weight is 437 g/mol. The van der Waals surface area contributed by atoms with Gasteiger partial charge in [-0.3, -0.25) is 9.69 Å². The van der Waals surface area contributed by atoms with Crippen LogP contribution in [0.4, 0.5) is 0 Å². The van der Waals surface area contributed by atoms with Crippen molar-refractivity contribution in [1.82, 2.24) is 10.2 Å². The summed E-state index contributed by atoms with van der Waals surface area (Å²) in [5.41, 5.74) is -0.484. The zero-order chi connectivity index (χ0) is 21.0. The van der Waals surface area contributed by atoms with Gasteiger partial charge in [0.05, 0.1) is 12.1 Å². The summed E-state index contributed by atoms with van der Waals surface area (Å²) >= 11 is 5.19. The smallest absolute Gasteiger partial charge is 0.237 e. The Morgan fingerprint density at radius 1 is 1.39 bits per heavy atom. The fourth-order valence-corrected chi connectivity index (χ4v) is 5.42. The fraction of sp³-hybridized carbons (Fsp3) is 0.947. The Balaban J connectivity index is 2.11. The van der Waals surface area contributed by atoms with Crippen LogP contribution in [0.5, 0.6) is 0 Å². The molecule has 0 saturated carbocycles. The molecule has 2 fully saturated rings. The van der Waals surface area contributed by atoms with E-state index in [4.69, 9.17) is 8.92 Å². The van der Waals surface area contributed by atoms with Gasteiger partial charge in [-0.15, -0.1) is 11.8 Å². The van der Waals surface area contributed by atoms with Crippen LogP contribution in [0, 0.1) is 11.8 Å². The van der Waals surface area contributed by atoms with E-state index in [9.17, 15) is 15.0 Å². The molecule has 0 radical (unpaired) electrons. The molecule has 0 spiro atoms. The summed E-state index contributed by atoms with van der Waals surface area (Å²) in [6.45, 7) is 7.04. The predicted octanol–water partition coefficient (Wildman–Crippen LogP) is 1.29. The largest absolute Gasteiger partial charge is 0.388 e. The van der Waals surface area contributed by atoms with Crippen molar-refractivity contribution >= 4 is 30.6 Å². The number of likely N-dealkylation sites (tertiary alicyclic amines) is 1. The number of carbonyl (C=O) groups excluding carboxylic acids is 1. The molecule has 3 N–H and O–H groups in total. The van der Waals surface area contributed by atoms with E-state index in [0.717, 1.165) is 25.8 Å². The minimum absolute atomic E-state index is 0.0184. The maximum absolute atomic E-state index is 13.0. The first kappa shape index (κ1) is 24.2. The van der Waals surface area contributed by atoms with Crippen LogP contribution in [0.2, 0.25) is 0 Å². The highest BCUT2D eigenvalue weighted by atomic mass is 32.2. The number of ether oxygens (including phenoxy) is 1. The number of nitrogens with zero attached hydrogens (tertiary/aromatic N) is 1. The summed E-state index contributed by atoms with van der Waals surface area (Å²) in [4.78, 5) is 15.1. The second-order valence-corrected chi connectivity index (χ2v) is 9.53. The van der Waals surface area contributed by atoms with Gasteiger partial charge in [0.25, 0.3) is 0 Å². The molecule has 0 aromatic rings. The van der Waals surface area contributed by atoms with Gasteiger partial charge in [0, 0.05) is 6.54 Å². The molecule has 28 heavy (non-hydrogen) atoms. The van der Waals surface area contributed by atoms with E-state index in [1.807, 2.05) is 27.2 Å². The van der Waals surface area contributed by atoms with Crippen LogP contribution in [-0.2, 0) is 13.7 Å². The van der Waals surface area contributed by atoms with Gasteiger partial charge in [-0.2, -0.15) is 0 Å². The molecule has 164 valence electrons. The summed E-state index contributed by atoms with van der Waals surface area (Å²) in [6, 6.07) is -0.598. The molecule has 2 heterocycles. The standard InChI is InChI=1S/C19H36N2O5S2/c1-6-7-11-8-12(21(4)9-11)18(24)20-13(10(2)3)16-14(22)15(23)17(26-27)19(25-16)28-5/h10-17,19,22-23,27H,6-9H2,1-5H3,(H,20,24). The lowest BCUT2D eigenvalue weighted by Crippen LogP contribution is -2.64. The molecule has 0 aliphatic carbocycles. The Bertz CT molecular complexity index is 511. The monoisotopic (exact) mass is 436 g/mol. The molecular formula is C19H36N2O5S2. The summed E-state index contributed by atoms with van der Waals surface area (Å²) in [7, 11) is 1.98. The van der Waals surface area contributed by atoms with Crippen LogP contribution in [0.1, 0.15) is 40.0 Å². The third-order valence-electron chi connectivity index (χ3n) is 5.95. The highest BCUT2D eigenvalue weighted by molar-refractivity contribution is 7.99. The van der Waals surface area contributed by atoms with Gasteiger partial charge in [0.2, 0.25) is 5.91 Å². The van der Waals surface area contributed by atoms with Crippen LogP contribution in [0.3, 0.4) is 0 Å². The van der Waals surface area contributed by atoms with Gasteiger partial charge in [-0.25, -0.2) is 0 Å². The van der Waals surface area contributed by atoms with Crippen LogP contribution in [0.15, 0.2) is 0 Å². The molecule has 0 aromatic carbocycles. The third-order valence-corrected chi connectivity index (χ3v) is 7.04. The third kappa shape index (κ3) is 5.36. The molecule has 2 saturated heterocycles. The van der Waals surface area contributed by atoms with Gasteiger partial charge in [0.15, 0.2) is 0 Å². The first-order chi connectivity index (χ1) is 13.2. The molecule has 9 heteroatoms. The molecule has 0 aromatic heterocycles. The minimum atomic E-state index is -1.18. The topological polar surface area (TPSA) is 91.3 Å². The van der Waals surface area contributed by atoms with Crippen molar-refractivity contribution in [2.75, 3.05) is 19.8 Å². The lowest BCUT2D eigenvalue weighted by Gasteiger charge is -2.45. The molecule has 2 aliphatic rings. The zero-order valence-corrected chi connectivity index (χ0v) is 19.2. The number of thiol groups is 1. The molecule has 8 unspecified atom stereocenters. The number of nitrogens with one attached hydrogen (secondary N) is 1. The highest BCUT2D eigenvalue weighted by Gasteiger charge is 2.49. The van der Waals surface area contributed by atoms with Gasteiger partial charge in [-0.05, 0) is 50.9 Å². The van der Waals surface area contributed by atoms with Crippen molar-refractivity contribution < 1.29 is 23.9 Å². The van der Waals surface area contributed by atoms with Gasteiger partial charge in [0.1, 0.15) is 29.9 Å². The van der Waals surface area contributed by atoms with Crippen LogP contribution >= 0.6 is 24.7 Å². The molecule has 2 aliphatic heterocycles. The minimum Gasteiger partial charge on any atom is -0.388 e. The second-order valence-electron chi connectivity index (χ2n) is 8.38. The van der Waals surface area contributed by atoms with Crippen molar-refractivity contribution in [3.05, 3.63) is 0 Å². The molecule has 7 nitrogen and oxygen atoms in total. The van der Waals surface area contributed by atoms with Crippen molar-refractivity contribution in [3.63, 3.8) is 0 Å². The van der Waals surface area contributed by atoms with Gasteiger partial charge < -0.3 is 24.4 Å². The summed E-state index contributed by atoms with van der Waals surface area (Å²) in [6.07, 6.45) is 1.14. The molecule has 2 rings (SSSR count). The Morgan fingerprint density at radius 2 is 2.07 bits per heavy atom. The lowest BCUT2D eigenvalue weighted by molar-refractivity contribution is -0.199. The van der Waals surface area contributed by atoms with Crippen molar-refractivity contribution in [2.24, 2.45) is 11.8 Å². The fourth-order valence-electron chi connectivity index (χ4n) is 4.38. The number of aliphatic hydroxyl groups is 2. The number of hydrogen-bond donors (Lipinski definition) is 4. The summed E-state index contributed by atoms with van der Waals surface area (Å²) in [5.74, 6) is 0.513. The van der Waals surface area contributed by atoms with Crippen LogP contribution < -0.4 is 5.32 Å². The number of thioether (sulfide) groups is 1. The summed E-state index contributed by atoms with van der Waals surface area (Å²) < 4.78 is 11.1. The van der Waals surface area contributed by atoms with E-state index in [1.54, 1.807) is 0 Å². The first-order valence-electron chi connectivity index (χ1n) is 10.1. The average Bonchev–Trinajstić information content (AvgIpc) is 3.02. The number of hydrogen-bond acceptors (Lipinski definition) is 8. The highest BCUT2D eigenvalue weighted by Crippen LogP contribution is 2.33. The number of amides is 1.